The first-order valence-corrected chi connectivity index (χ1v) is 5.61. The van der Waals surface area contributed by atoms with E-state index in [0.717, 1.165) is 19.5 Å². The van der Waals surface area contributed by atoms with Gasteiger partial charge in [0.05, 0.1) is 0 Å². The van der Waals surface area contributed by atoms with Crippen molar-refractivity contribution in [3.8, 4) is 0 Å². The first kappa shape index (κ1) is 12.2. The van der Waals surface area contributed by atoms with E-state index in [2.05, 4.69) is 50.1 Å². The zero-order valence-corrected chi connectivity index (χ0v) is 10.0. The molecule has 0 amide bonds. The zero-order valence-electron chi connectivity index (χ0n) is 10.0. The fourth-order valence-electron chi connectivity index (χ4n) is 1.72. The molecule has 15 heavy (non-hydrogen) atoms. The summed E-state index contributed by atoms with van der Waals surface area (Å²) in [5, 5.41) is 0. The Morgan fingerprint density at radius 2 is 2.13 bits per heavy atom. The molecule has 0 spiro atoms. The molecule has 0 radical (unpaired) electrons. The smallest absolute Gasteiger partial charge is 0.0231 e. The molecule has 1 aromatic carbocycles. The van der Waals surface area contributed by atoms with Crippen LogP contribution in [0, 0.1) is 6.92 Å². The minimum atomic E-state index is 0.291. The van der Waals surface area contributed by atoms with E-state index >= 15 is 0 Å². The summed E-state index contributed by atoms with van der Waals surface area (Å²) in [5.74, 6) is 0. The number of hydrogen-bond donors (Lipinski definition) is 1. The van der Waals surface area contributed by atoms with Gasteiger partial charge in [0.1, 0.15) is 0 Å². The van der Waals surface area contributed by atoms with Gasteiger partial charge < -0.3 is 10.6 Å². The highest BCUT2D eigenvalue weighted by Crippen LogP contribution is 2.06. The molecule has 1 rings (SSSR count). The van der Waals surface area contributed by atoms with E-state index in [-0.39, 0.29) is 0 Å². The number of likely N-dealkylation sites (N-methyl/N-ethyl adjacent to an activating group) is 1. The standard InChI is InChI=1S/C13H22N2/c1-4-13(14)10-15(3)9-12-7-5-6-11(2)8-12/h5-8,13H,4,9-10,14H2,1-3H3. The van der Waals surface area contributed by atoms with Gasteiger partial charge >= 0.3 is 0 Å². The second-order valence-electron chi connectivity index (χ2n) is 4.35. The molecule has 0 bridgehead atoms. The number of hydrogen-bond acceptors (Lipinski definition) is 2. The van der Waals surface area contributed by atoms with Gasteiger partial charge in [0.15, 0.2) is 0 Å². The monoisotopic (exact) mass is 206 g/mol. The maximum Gasteiger partial charge on any atom is 0.0231 e. The maximum atomic E-state index is 5.92. The zero-order chi connectivity index (χ0) is 11.3. The molecular formula is C13H22N2. The summed E-state index contributed by atoms with van der Waals surface area (Å²) in [4.78, 5) is 2.28. The van der Waals surface area contributed by atoms with Gasteiger partial charge in [-0.05, 0) is 26.0 Å². The van der Waals surface area contributed by atoms with Gasteiger partial charge in [-0.1, -0.05) is 36.8 Å². The molecule has 2 nitrogen and oxygen atoms in total. The molecule has 0 aliphatic carbocycles. The predicted molar refractivity (Wildman–Crippen MR) is 65.8 cm³/mol. The van der Waals surface area contributed by atoms with E-state index in [1.54, 1.807) is 0 Å². The summed E-state index contributed by atoms with van der Waals surface area (Å²) in [6, 6.07) is 8.92. The lowest BCUT2D eigenvalue weighted by molar-refractivity contribution is 0.300. The molecule has 1 atom stereocenters. The second-order valence-corrected chi connectivity index (χ2v) is 4.35. The summed E-state index contributed by atoms with van der Waals surface area (Å²) in [6.07, 6.45) is 1.04. The Kier molecular flexibility index (Phi) is 4.79. The van der Waals surface area contributed by atoms with E-state index in [9.17, 15) is 0 Å². The number of benzene rings is 1. The Bertz CT molecular complexity index is 296. The third-order valence-corrected chi connectivity index (χ3v) is 2.61. The summed E-state index contributed by atoms with van der Waals surface area (Å²) in [5.41, 5.74) is 8.60. The van der Waals surface area contributed by atoms with Gasteiger partial charge in [-0.3, -0.25) is 0 Å². The molecule has 1 unspecified atom stereocenters. The van der Waals surface area contributed by atoms with Gasteiger partial charge in [0.25, 0.3) is 0 Å². The number of nitrogens with two attached hydrogens (primary N) is 1. The molecule has 0 aliphatic rings. The molecule has 1 aromatic rings. The predicted octanol–water partition coefficient (Wildman–Crippen LogP) is 2.16. The maximum absolute atomic E-state index is 5.92. The van der Waals surface area contributed by atoms with Gasteiger partial charge in [0, 0.05) is 19.1 Å². The van der Waals surface area contributed by atoms with E-state index in [1.165, 1.54) is 11.1 Å². The third-order valence-electron chi connectivity index (χ3n) is 2.61. The van der Waals surface area contributed by atoms with Crippen LogP contribution in [0.15, 0.2) is 24.3 Å². The average molecular weight is 206 g/mol. The SMILES string of the molecule is CCC(N)CN(C)Cc1cccc(C)c1. The molecule has 2 heteroatoms. The van der Waals surface area contributed by atoms with Crippen molar-refractivity contribution < 1.29 is 0 Å². The molecule has 2 N–H and O–H groups in total. The summed E-state index contributed by atoms with van der Waals surface area (Å²) >= 11 is 0. The van der Waals surface area contributed by atoms with Crippen LogP contribution < -0.4 is 5.73 Å². The van der Waals surface area contributed by atoms with Crippen molar-refractivity contribution in [1.82, 2.24) is 4.90 Å². The Balaban J connectivity index is 2.47. The number of aryl methyl sites for hydroxylation is 1. The number of nitrogens with zero attached hydrogens (tertiary/aromatic N) is 1. The molecule has 84 valence electrons. The van der Waals surface area contributed by atoms with Crippen molar-refractivity contribution in [2.24, 2.45) is 5.73 Å². The lowest BCUT2D eigenvalue weighted by Gasteiger charge is -2.20. The van der Waals surface area contributed by atoms with Crippen molar-refractivity contribution in [2.75, 3.05) is 13.6 Å². The van der Waals surface area contributed by atoms with Gasteiger partial charge in [-0.2, -0.15) is 0 Å². The van der Waals surface area contributed by atoms with Crippen LogP contribution in [0.5, 0.6) is 0 Å². The Hall–Kier alpha value is -0.860. The largest absolute Gasteiger partial charge is 0.327 e. The Labute approximate surface area is 93.1 Å². The minimum absolute atomic E-state index is 0.291. The summed E-state index contributed by atoms with van der Waals surface area (Å²) in [7, 11) is 2.12. The Morgan fingerprint density at radius 3 is 2.73 bits per heavy atom. The van der Waals surface area contributed by atoms with E-state index in [1.807, 2.05) is 0 Å². The van der Waals surface area contributed by atoms with E-state index in [4.69, 9.17) is 5.73 Å². The van der Waals surface area contributed by atoms with Crippen molar-refractivity contribution in [3.63, 3.8) is 0 Å². The average Bonchev–Trinajstić information content (AvgIpc) is 2.17. The van der Waals surface area contributed by atoms with E-state index < -0.39 is 0 Å². The lowest BCUT2D eigenvalue weighted by Crippen LogP contribution is -2.34. The van der Waals surface area contributed by atoms with Crippen LogP contribution in [0.1, 0.15) is 24.5 Å². The first-order chi connectivity index (χ1) is 7.11. The highest BCUT2D eigenvalue weighted by Gasteiger charge is 2.05. The molecule has 0 saturated heterocycles. The van der Waals surface area contributed by atoms with Crippen LogP contribution in [0.3, 0.4) is 0 Å². The molecule has 0 heterocycles. The fraction of sp³-hybridized carbons (Fsp3) is 0.538. The highest BCUT2D eigenvalue weighted by atomic mass is 15.1. The third kappa shape index (κ3) is 4.45. The summed E-state index contributed by atoms with van der Waals surface area (Å²) < 4.78 is 0. The fourth-order valence-corrected chi connectivity index (χ4v) is 1.72. The van der Waals surface area contributed by atoms with E-state index in [0.29, 0.717) is 6.04 Å². The van der Waals surface area contributed by atoms with Crippen molar-refractivity contribution in [2.45, 2.75) is 32.9 Å². The normalized spacial score (nSPS) is 13.1. The molecule has 0 aromatic heterocycles. The van der Waals surface area contributed by atoms with Gasteiger partial charge in [-0.25, -0.2) is 0 Å². The number of rotatable bonds is 5. The van der Waals surface area contributed by atoms with Crippen LogP contribution in [0.25, 0.3) is 0 Å². The lowest BCUT2D eigenvalue weighted by atomic mass is 10.1. The molecule has 0 saturated carbocycles. The molecular weight excluding hydrogens is 184 g/mol. The van der Waals surface area contributed by atoms with Crippen LogP contribution in [0.4, 0.5) is 0 Å². The topological polar surface area (TPSA) is 29.3 Å². The highest BCUT2D eigenvalue weighted by molar-refractivity contribution is 5.21. The molecule has 0 fully saturated rings. The van der Waals surface area contributed by atoms with Crippen LogP contribution in [-0.2, 0) is 6.54 Å². The minimum Gasteiger partial charge on any atom is -0.327 e. The van der Waals surface area contributed by atoms with Gasteiger partial charge in [0.2, 0.25) is 0 Å². The van der Waals surface area contributed by atoms with Gasteiger partial charge in [-0.15, -0.1) is 0 Å². The van der Waals surface area contributed by atoms with Crippen molar-refractivity contribution in [1.29, 1.82) is 0 Å². The molecule has 0 aliphatic heterocycles. The Morgan fingerprint density at radius 1 is 1.40 bits per heavy atom. The first-order valence-electron chi connectivity index (χ1n) is 5.61. The van der Waals surface area contributed by atoms with Crippen molar-refractivity contribution in [3.05, 3.63) is 35.4 Å². The van der Waals surface area contributed by atoms with Crippen LogP contribution >= 0.6 is 0 Å². The summed E-state index contributed by atoms with van der Waals surface area (Å²) in [6.45, 7) is 6.20. The van der Waals surface area contributed by atoms with Crippen molar-refractivity contribution >= 4 is 0 Å². The van der Waals surface area contributed by atoms with Crippen LogP contribution in [-0.4, -0.2) is 24.5 Å². The van der Waals surface area contributed by atoms with Crippen LogP contribution in [0.2, 0.25) is 0 Å². The second kappa shape index (κ2) is 5.89. The quantitative estimate of drug-likeness (QED) is 0.800.